The third-order valence-corrected chi connectivity index (χ3v) is 3.79. The molecule has 0 spiro atoms. The standard InChI is InChI=1S/C11H22N2O/c1-14-11(3-2-4-11)5-8-13-9-6-12-7-10-13/h12H,2-10H2,1H3. The maximum absolute atomic E-state index is 5.62. The Kier molecular flexibility index (Phi) is 3.42. The third-order valence-electron chi connectivity index (χ3n) is 3.79. The molecule has 1 heterocycles. The highest BCUT2D eigenvalue weighted by atomic mass is 16.5. The zero-order valence-corrected chi connectivity index (χ0v) is 9.22. The lowest BCUT2D eigenvalue weighted by Gasteiger charge is -2.42. The van der Waals surface area contributed by atoms with E-state index < -0.39 is 0 Å². The van der Waals surface area contributed by atoms with Crippen LogP contribution in [0, 0.1) is 0 Å². The summed E-state index contributed by atoms with van der Waals surface area (Å²) in [7, 11) is 1.87. The summed E-state index contributed by atoms with van der Waals surface area (Å²) in [5, 5.41) is 3.38. The van der Waals surface area contributed by atoms with Crippen molar-refractivity contribution in [1.29, 1.82) is 0 Å². The first-order valence-corrected chi connectivity index (χ1v) is 5.83. The van der Waals surface area contributed by atoms with Crippen LogP contribution in [0.2, 0.25) is 0 Å². The van der Waals surface area contributed by atoms with E-state index in [0.717, 1.165) is 13.1 Å². The molecule has 0 amide bonds. The van der Waals surface area contributed by atoms with Gasteiger partial charge in [0.05, 0.1) is 5.60 Å². The van der Waals surface area contributed by atoms with Crippen molar-refractivity contribution in [3.8, 4) is 0 Å². The van der Waals surface area contributed by atoms with Gasteiger partial charge in [0.15, 0.2) is 0 Å². The highest BCUT2D eigenvalue weighted by Gasteiger charge is 2.36. The molecule has 0 bridgehead atoms. The minimum absolute atomic E-state index is 0.255. The predicted molar refractivity (Wildman–Crippen MR) is 57.5 cm³/mol. The molecule has 1 saturated carbocycles. The predicted octanol–water partition coefficient (Wildman–Crippen LogP) is 0.851. The van der Waals surface area contributed by atoms with Crippen molar-refractivity contribution in [2.45, 2.75) is 31.3 Å². The van der Waals surface area contributed by atoms with Crippen molar-refractivity contribution in [1.82, 2.24) is 10.2 Å². The molecule has 1 aliphatic heterocycles. The van der Waals surface area contributed by atoms with Gasteiger partial charge in [-0.2, -0.15) is 0 Å². The average molecular weight is 198 g/mol. The fraction of sp³-hybridized carbons (Fsp3) is 1.00. The molecule has 2 rings (SSSR count). The third kappa shape index (κ3) is 2.27. The van der Waals surface area contributed by atoms with Gasteiger partial charge in [0.25, 0.3) is 0 Å². The second-order valence-corrected chi connectivity index (χ2v) is 4.58. The number of methoxy groups -OCH3 is 1. The second-order valence-electron chi connectivity index (χ2n) is 4.58. The summed E-state index contributed by atoms with van der Waals surface area (Å²) < 4.78 is 5.62. The number of rotatable bonds is 4. The van der Waals surface area contributed by atoms with Crippen LogP contribution >= 0.6 is 0 Å². The molecule has 2 aliphatic rings. The molecule has 2 fully saturated rings. The molecule has 1 N–H and O–H groups in total. The molecule has 0 aromatic rings. The van der Waals surface area contributed by atoms with Gasteiger partial charge in [-0.05, 0) is 25.7 Å². The minimum Gasteiger partial charge on any atom is -0.378 e. The van der Waals surface area contributed by atoms with Crippen molar-refractivity contribution < 1.29 is 4.74 Å². The number of hydrogen-bond donors (Lipinski definition) is 1. The van der Waals surface area contributed by atoms with Crippen molar-refractivity contribution >= 4 is 0 Å². The average Bonchev–Trinajstić information content (AvgIpc) is 2.19. The zero-order valence-electron chi connectivity index (χ0n) is 9.22. The molecule has 0 aromatic carbocycles. The van der Waals surface area contributed by atoms with Crippen molar-refractivity contribution in [3.63, 3.8) is 0 Å². The molecule has 14 heavy (non-hydrogen) atoms. The van der Waals surface area contributed by atoms with Crippen LogP contribution in [0.15, 0.2) is 0 Å². The van der Waals surface area contributed by atoms with E-state index >= 15 is 0 Å². The minimum atomic E-state index is 0.255. The maximum atomic E-state index is 5.62. The van der Waals surface area contributed by atoms with Gasteiger partial charge in [-0.25, -0.2) is 0 Å². The summed E-state index contributed by atoms with van der Waals surface area (Å²) in [6, 6.07) is 0. The molecule has 3 heteroatoms. The van der Waals surface area contributed by atoms with Crippen LogP contribution in [0.5, 0.6) is 0 Å². The van der Waals surface area contributed by atoms with Gasteiger partial charge in [-0.1, -0.05) is 0 Å². The summed E-state index contributed by atoms with van der Waals surface area (Å²) in [4.78, 5) is 2.55. The fourth-order valence-corrected chi connectivity index (χ4v) is 2.42. The maximum Gasteiger partial charge on any atom is 0.0691 e. The number of ether oxygens (including phenoxy) is 1. The quantitative estimate of drug-likeness (QED) is 0.725. The van der Waals surface area contributed by atoms with Crippen LogP contribution in [0.25, 0.3) is 0 Å². The van der Waals surface area contributed by atoms with Crippen molar-refractivity contribution in [3.05, 3.63) is 0 Å². The van der Waals surface area contributed by atoms with E-state index in [-0.39, 0.29) is 5.60 Å². The van der Waals surface area contributed by atoms with Crippen LogP contribution < -0.4 is 5.32 Å². The molecule has 1 saturated heterocycles. The SMILES string of the molecule is COC1(CCN2CCNCC2)CCC1. The van der Waals surface area contributed by atoms with Gasteiger partial charge in [0, 0.05) is 39.8 Å². The summed E-state index contributed by atoms with van der Waals surface area (Å²) in [5.74, 6) is 0. The smallest absolute Gasteiger partial charge is 0.0691 e. The number of nitrogens with one attached hydrogen (secondary N) is 1. The lowest BCUT2D eigenvalue weighted by molar-refractivity contribution is -0.0822. The Morgan fingerprint density at radius 2 is 2.00 bits per heavy atom. The number of piperazine rings is 1. The summed E-state index contributed by atoms with van der Waals surface area (Å²) >= 11 is 0. The Balaban J connectivity index is 1.69. The number of nitrogens with zero attached hydrogens (tertiary/aromatic N) is 1. The van der Waals surface area contributed by atoms with E-state index in [9.17, 15) is 0 Å². The molecule has 0 atom stereocenters. The highest BCUT2D eigenvalue weighted by molar-refractivity contribution is 4.90. The molecule has 0 aromatic heterocycles. The van der Waals surface area contributed by atoms with E-state index in [4.69, 9.17) is 4.74 Å². The van der Waals surface area contributed by atoms with Gasteiger partial charge in [-0.15, -0.1) is 0 Å². The second kappa shape index (κ2) is 4.60. The van der Waals surface area contributed by atoms with Gasteiger partial charge in [0.2, 0.25) is 0 Å². The Morgan fingerprint density at radius 1 is 1.29 bits per heavy atom. The molecule has 0 radical (unpaired) electrons. The first-order chi connectivity index (χ1) is 6.85. The first-order valence-electron chi connectivity index (χ1n) is 5.83. The Labute approximate surface area is 86.8 Å². The molecule has 0 unspecified atom stereocenters. The van der Waals surface area contributed by atoms with Gasteiger partial charge >= 0.3 is 0 Å². The highest BCUT2D eigenvalue weighted by Crippen LogP contribution is 2.37. The lowest BCUT2D eigenvalue weighted by Crippen LogP contribution is -2.47. The van der Waals surface area contributed by atoms with E-state index in [1.54, 1.807) is 0 Å². The molecular formula is C11H22N2O. The van der Waals surface area contributed by atoms with Crippen molar-refractivity contribution in [2.24, 2.45) is 0 Å². The van der Waals surface area contributed by atoms with Crippen molar-refractivity contribution in [2.75, 3.05) is 39.8 Å². The Bertz CT molecular complexity index is 169. The van der Waals surface area contributed by atoms with Gasteiger partial charge in [0.1, 0.15) is 0 Å². The number of hydrogen-bond acceptors (Lipinski definition) is 3. The normalized spacial score (nSPS) is 27.2. The first kappa shape index (κ1) is 10.4. The molecular weight excluding hydrogens is 176 g/mol. The zero-order chi connectivity index (χ0) is 9.86. The summed E-state index contributed by atoms with van der Waals surface area (Å²) in [6.45, 7) is 5.94. The van der Waals surface area contributed by atoms with E-state index in [0.29, 0.717) is 0 Å². The van der Waals surface area contributed by atoms with Crippen LogP contribution in [0.3, 0.4) is 0 Å². The topological polar surface area (TPSA) is 24.5 Å². The Hall–Kier alpha value is -0.120. The van der Waals surface area contributed by atoms with E-state index in [1.807, 2.05) is 7.11 Å². The van der Waals surface area contributed by atoms with Crippen LogP contribution in [-0.4, -0.2) is 50.3 Å². The Morgan fingerprint density at radius 3 is 2.50 bits per heavy atom. The van der Waals surface area contributed by atoms with Crippen LogP contribution in [0.1, 0.15) is 25.7 Å². The summed E-state index contributed by atoms with van der Waals surface area (Å²) in [6.07, 6.45) is 5.13. The van der Waals surface area contributed by atoms with Crippen LogP contribution in [-0.2, 0) is 4.74 Å². The monoisotopic (exact) mass is 198 g/mol. The van der Waals surface area contributed by atoms with Gasteiger partial charge < -0.3 is 15.0 Å². The molecule has 1 aliphatic carbocycles. The van der Waals surface area contributed by atoms with Gasteiger partial charge in [-0.3, -0.25) is 0 Å². The van der Waals surface area contributed by atoms with E-state index in [1.165, 1.54) is 45.3 Å². The molecule has 3 nitrogen and oxygen atoms in total. The molecule has 82 valence electrons. The summed E-state index contributed by atoms with van der Waals surface area (Å²) in [5.41, 5.74) is 0.255. The van der Waals surface area contributed by atoms with Crippen LogP contribution in [0.4, 0.5) is 0 Å². The largest absolute Gasteiger partial charge is 0.378 e. The van der Waals surface area contributed by atoms with E-state index in [2.05, 4.69) is 10.2 Å². The lowest BCUT2D eigenvalue weighted by atomic mass is 9.77. The fourth-order valence-electron chi connectivity index (χ4n) is 2.42.